The van der Waals surface area contributed by atoms with Gasteiger partial charge < -0.3 is 5.73 Å². The van der Waals surface area contributed by atoms with Crippen molar-refractivity contribution in [2.75, 3.05) is 13.1 Å². The zero-order valence-electron chi connectivity index (χ0n) is 12.4. The number of hydrogen-bond donors (Lipinski definition) is 1. The molecule has 2 aliphatic rings. The lowest BCUT2D eigenvalue weighted by molar-refractivity contribution is 0.0226. The van der Waals surface area contributed by atoms with Crippen molar-refractivity contribution in [3.05, 3.63) is 0 Å². The van der Waals surface area contributed by atoms with E-state index < -0.39 is 0 Å². The zero-order chi connectivity index (χ0) is 13.0. The molecular formula is C16H32N2. The molecule has 1 heterocycles. The predicted octanol–water partition coefficient (Wildman–Crippen LogP) is 3.40. The number of nitrogens with two attached hydrogens (primary N) is 1. The molecule has 2 fully saturated rings. The van der Waals surface area contributed by atoms with Crippen molar-refractivity contribution < 1.29 is 0 Å². The molecule has 0 radical (unpaired) electrons. The van der Waals surface area contributed by atoms with Gasteiger partial charge in [0.25, 0.3) is 0 Å². The van der Waals surface area contributed by atoms with Gasteiger partial charge in [0.15, 0.2) is 0 Å². The fraction of sp³-hybridized carbons (Fsp3) is 1.00. The van der Waals surface area contributed by atoms with Gasteiger partial charge in [0.1, 0.15) is 0 Å². The Morgan fingerprint density at radius 3 is 2.50 bits per heavy atom. The lowest BCUT2D eigenvalue weighted by Crippen LogP contribution is -2.54. The third-order valence-electron chi connectivity index (χ3n) is 5.54. The average molecular weight is 252 g/mol. The lowest BCUT2D eigenvalue weighted by atomic mass is 9.79. The summed E-state index contributed by atoms with van der Waals surface area (Å²) in [6.07, 6.45) is 11.2. The molecule has 2 heteroatoms. The van der Waals surface area contributed by atoms with Gasteiger partial charge in [-0.1, -0.05) is 39.5 Å². The quantitative estimate of drug-likeness (QED) is 0.831. The minimum Gasteiger partial charge on any atom is -0.329 e. The maximum absolute atomic E-state index is 6.06. The standard InChI is InChI=1S/C16H32N2/c1-3-13-9-10-18(15(11-13)12-17)16-8-6-5-7-14(16)4-2/h13-16H,3-12,17H2,1-2H3. The van der Waals surface area contributed by atoms with Crippen LogP contribution in [0.25, 0.3) is 0 Å². The van der Waals surface area contributed by atoms with Crippen LogP contribution in [0.2, 0.25) is 0 Å². The molecule has 0 aromatic heterocycles. The summed E-state index contributed by atoms with van der Waals surface area (Å²) in [6, 6.07) is 1.51. The van der Waals surface area contributed by atoms with Crippen LogP contribution in [-0.2, 0) is 0 Å². The van der Waals surface area contributed by atoms with Crippen molar-refractivity contribution >= 4 is 0 Å². The van der Waals surface area contributed by atoms with Crippen molar-refractivity contribution in [3.63, 3.8) is 0 Å². The van der Waals surface area contributed by atoms with Crippen LogP contribution < -0.4 is 5.73 Å². The summed E-state index contributed by atoms with van der Waals surface area (Å²) in [7, 11) is 0. The van der Waals surface area contributed by atoms with Crippen molar-refractivity contribution in [1.29, 1.82) is 0 Å². The molecule has 0 spiro atoms. The second-order valence-electron chi connectivity index (χ2n) is 6.45. The van der Waals surface area contributed by atoms with Crippen molar-refractivity contribution in [1.82, 2.24) is 4.90 Å². The van der Waals surface area contributed by atoms with Crippen LogP contribution in [0.15, 0.2) is 0 Å². The first-order valence-corrected chi connectivity index (χ1v) is 8.25. The van der Waals surface area contributed by atoms with E-state index in [9.17, 15) is 0 Å². The highest BCUT2D eigenvalue weighted by atomic mass is 15.2. The second kappa shape index (κ2) is 6.91. The van der Waals surface area contributed by atoms with Crippen molar-refractivity contribution in [2.45, 2.75) is 77.3 Å². The average Bonchev–Trinajstić information content (AvgIpc) is 2.46. The fourth-order valence-corrected chi connectivity index (χ4v) is 4.29. The summed E-state index contributed by atoms with van der Waals surface area (Å²) in [5, 5.41) is 0. The molecule has 0 bridgehead atoms. The smallest absolute Gasteiger partial charge is 0.0224 e. The Kier molecular flexibility index (Phi) is 5.50. The van der Waals surface area contributed by atoms with E-state index in [1.165, 1.54) is 57.9 Å². The van der Waals surface area contributed by atoms with Crippen LogP contribution >= 0.6 is 0 Å². The van der Waals surface area contributed by atoms with Gasteiger partial charge in [0, 0.05) is 18.6 Å². The SMILES string of the molecule is CCC1CCN(C2CCCCC2CC)C(CN)C1. The van der Waals surface area contributed by atoms with E-state index >= 15 is 0 Å². The summed E-state index contributed by atoms with van der Waals surface area (Å²) in [6.45, 7) is 6.88. The van der Waals surface area contributed by atoms with Crippen molar-refractivity contribution in [3.8, 4) is 0 Å². The Morgan fingerprint density at radius 1 is 1.06 bits per heavy atom. The molecule has 1 aliphatic heterocycles. The highest BCUT2D eigenvalue weighted by Gasteiger charge is 2.35. The van der Waals surface area contributed by atoms with Gasteiger partial charge in [-0.25, -0.2) is 0 Å². The summed E-state index contributed by atoms with van der Waals surface area (Å²) in [4.78, 5) is 2.81. The summed E-state index contributed by atoms with van der Waals surface area (Å²) in [5.74, 6) is 1.87. The third-order valence-corrected chi connectivity index (χ3v) is 5.54. The van der Waals surface area contributed by atoms with E-state index in [1.807, 2.05) is 0 Å². The third kappa shape index (κ3) is 3.08. The maximum atomic E-state index is 6.06. The molecule has 18 heavy (non-hydrogen) atoms. The molecule has 106 valence electrons. The van der Waals surface area contributed by atoms with Crippen molar-refractivity contribution in [2.24, 2.45) is 17.6 Å². The van der Waals surface area contributed by atoms with E-state index in [4.69, 9.17) is 5.73 Å². The summed E-state index contributed by atoms with van der Waals surface area (Å²) in [5.41, 5.74) is 6.06. The van der Waals surface area contributed by atoms with Crippen LogP contribution in [0.3, 0.4) is 0 Å². The Hall–Kier alpha value is -0.0800. The van der Waals surface area contributed by atoms with E-state index in [0.717, 1.165) is 24.4 Å². The second-order valence-corrected chi connectivity index (χ2v) is 6.45. The molecule has 0 aromatic rings. The molecule has 2 rings (SSSR count). The van der Waals surface area contributed by atoms with Gasteiger partial charge in [-0.15, -0.1) is 0 Å². The minimum absolute atomic E-state index is 0.667. The van der Waals surface area contributed by atoms with Crippen LogP contribution in [0.4, 0.5) is 0 Å². The first kappa shape index (κ1) is 14.3. The van der Waals surface area contributed by atoms with Crippen LogP contribution in [-0.4, -0.2) is 30.1 Å². The molecule has 0 aromatic carbocycles. The van der Waals surface area contributed by atoms with Gasteiger partial charge in [0.2, 0.25) is 0 Å². The number of likely N-dealkylation sites (tertiary alicyclic amines) is 1. The molecule has 0 amide bonds. The molecule has 1 saturated carbocycles. The van der Waals surface area contributed by atoms with Gasteiger partial charge >= 0.3 is 0 Å². The molecule has 2 nitrogen and oxygen atoms in total. The Morgan fingerprint density at radius 2 is 1.83 bits per heavy atom. The number of hydrogen-bond acceptors (Lipinski definition) is 2. The predicted molar refractivity (Wildman–Crippen MR) is 78.6 cm³/mol. The first-order valence-electron chi connectivity index (χ1n) is 8.25. The maximum Gasteiger partial charge on any atom is 0.0224 e. The van der Waals surface area contributed by atoms with Crippen LogP contribution in [0.5, 0.6) is 0 Å². The Bertz CT molecular complexity index is 241. The molecular weight excluding hydrogens is 220 g/mol. The largest absolute Gasteiger partial charge is 0.329 e. The van der Waals surface area contributed by atoms with E-state index in [1.54, 1.807) is 0 Å². The van der Waals surface area contributed by atoms with E-state index in [2.05, 4.69) is 18.7 Å². The van der Waals surface area contributed by atoms with Gasteiger partial charge in [-0.2, -0.15) is 0 Å². The minimum atomic E-state index is 0.667. The van der Waals surface area contributed by atoms with Crippen LogP contribution in [0, 0.1) is 11.8 Å². The van der Waals surface area contributed by atoms with Crippen LogP contribution in [0.1, 0.15) is 65.2 Å². The highest BCUT2D eigenvalue weighted by molar-refractivity contribution is 4.90. The summed E-state index contributed by atoms with van der Waals surface area (Å²) >= 11 is 0. The highest BCUT2D eigenvalue weighted by Crippen LogP contribution is 2.35. The van der Waals surface area contributed by atoms with Gasteiger partial charge in [-0.05, 0) is 44.1 Å². The lowest BCUT2D eigenvalue weighted by Gasteiger charge is -2.47. The molecule has 4 unspecified atom stereocenters. The number of rotatable bonds is 4. The fourth-order valence-electron chi connectivity index (χ4n) is 4.29. The summed E-state index contributed by atoms with van der Waals surface area (Å²) < 4.78 is 0. The molecule has 1 saturated heterocycles. The first-order chi connectivity index (χ1) is 8.80. The van der Waals surface area contributed by atoms with E-state index in [0.29, 0.717) is 6.04 Å². The topological polar surface area (TPSA) is 29.3 Å². The molecule has 4 atom stereocenters. The van der Waals surface area contributed by atoms with E-state index in [-0.39, 0.29) is 0 Å². The van der Waals surface area contributed by atoms with Gasteiger partial charge in [-0.3, -0.25) is 4.90 Å². The Labute approximate surface area is 113 Å². The molecule has 2 N–H and O–H groups in total. The number of piperidine rings is 1. The Balaban J connectivity index is 2.01. The molecule has 1 aliphatic carbocycles. The normalized spacial score (nSPS) is 38.8. The van der Waals surface area contributed by atoms with Gasteiger partial charge in [0.05, 0.1) is 0 Å². The zero-order valence-corrected chi connectivity index (χ0v) is 12.4. The monoisotopic (exact) mass is 252 g/mol. The number of nitrogens with zero attached hydrogens (tertiary/aromatic N) is 1.